The van der Waals surface area contributed by atoms with E-state index in [1.807, 2.05) is 0 Å². The molecule has 0 unspecified atom stereocenters. The molecule has 0 saturated heterocycles. The predicted molar refractivity (Wildman–Crippen MR) is 91.5 cm³/mol. The maximum Gasteiger partial charge on any atom is 0.260 e. The molecule has 2 aromatic heterocycles. The molecule has 0 aromatic carbocycles. The van der Waals surface area contributed by atoms with E-state index in [1.54, 1.807) is 11.3 Å². The molecule has 3 rings (SSSR count). The van der Waals surface area contributed by atoms with Crippen molar-refractivity contribution in [2.75, 3.05) is 6.54 Å². The van der Waals surface area contributed by atoms with E-state index in [9.17, 15) is 4.79 Å². The fraction of sp³-hybridized carbons (Fsp3) is 0.647. The Hall–Kier alpha value is -1.20. The van der Waals surface area contributed by atoms with E-state index < -0.39 is 0 Å². The number of hydrogen-bond acceptors (Lipinski definition) is 3. The maximum atomic E-state index is 12.6. The minimum Gasteiger partial charge on any atom is -0.338 e. The van der Waals surface area contributed by atoms with E-state index in [4.69, 9.17) is 4.98 Å². The highest BCUT2D eigenvalue weighted by Crippen LogP contribution is 2.35. The summed E-state index contributed by atoms with van der Waals surface area (Å²) in [6, 6.07) is 0.192. The molecule has 2 aromatic rings. The molecule has 120 valence electrons. The number of nitrogens with two attached hydrogens (primary N) is 1. The summed E-state index contributed by atoms with van der Waals surface area (Å²) >= 11 is 1.73. The van der Waals surface area contributed by atoms with Crippen molar-refractivity contribution < 1.29 is 5.32 Å². The Balaban J connectivity index is 1.97. The van der Waals surface area contributed by atoms with Crippen LogP contribution in [0.1, 0.15) is 56.4 Å². The third kappa shape index (κ3) is 2.97. The van der Waals surface area contributed by atoms with Gasteiger partial charge in [-0.05, 0) is 37.7 Å². The molecule has 2 heterocycles. The van der Waals surface area contributed by atoms with Gasteiger partial charge in [0.1, 0.15) is 10.9 Å². The first kappa shape index (κ1) is 15.7. The molecule has 0 bridgehead atoms. The molecule has 1 aliphatic carbocycles. The van der Waals surface area contributed by atoms with Crippen LogP contribution in [0.5, 0.6) is 0 Å². The lowest BCUT2D eigenvalue weighted by Gasteiger charge is -2.17. The van der Waals surface area contributed by atoms with Gasteiger partial charge >= 0.3 is 0 Å². The van der Waals surface area contributed by atoms with Crippen LogP contribution < -0.4 is 10.9 Å². The van der Waals surface area contributed by atoms with E-state index >= 15 is 0 Å². The summed E-state index contributed by atoms with van der Waals surface area (Å²) in [6.45, 7) is 9.86. The van der Waals surface area contributed by atoms with Crippen molar-refractivity contribution in [3.8, 4) is 0 Å². The summed E-state index contributed by atoms with van der Waals surface area (Å²) in [6.07, 6.45) is 3.30. The second-order valence-corrected chi connectivity index (χ2v) is 8.22. The quantitative estimate of drug-likeness (QED) is 0.908. The van der Waals surface area contributed by atoms with Gasteiger partial charge in [0, 0.05) is 10.8 Å². The van der Waals surface area contributed by atoms with Gasteiger partial charge in [-0.1, -0.05) is 20.8 Å². The number of aromatic nitrogens is 2. The van der Waals surface area contributed by atoms with Crippen LogP contribution in [0.3, 0.4) is 0 Å². The van der Waals surface area contributed by atoms with Gasteiger partial charge in [-0.25, -0.2) is 4.98 Å². The van der Waals surface area contributed by atoms with E-state index in [0.29, 0.717) is 5.92 Å². The first-order valence-electron chi connectivity index (χ1n) is 8.33. The predicted octanol–water partition coefficient (Wildman–Crippen LogP) is 2.39. The van der Waals surface area contributed by atoms with Crippen molar-refractivity contribution in [1.29, 1.82) is 0 Å². The van der Waals surface area contributed by atoms with Crippen LogP contribution in [0.4, 0.5) is 0 Å². The average Bonchev–Trinajstić information content (AvgIpc) is 2.82. The van der Waals surface area contributed by atoms with Gasteiger partial charge in [0.25, 0.3) is 5.56 Å². The third-order valence-corrected chi connectivity index (χ3v) is 5.72. The van der Waals surface area contributed by atoms with Gasteiger partial charge in [0.05, 0.1) is 11.9 Å². The molecule has 2 atom stereocenters. The molecule has 1 aliphatic rings. The van der Waals surface area contributed by atoms with Crippen molar-refractivity contribution in [1.82, 2.24) is 9.97 Å². The highest BCUT2D eigenvalue weighted by atomic mass is 32.1. The normalized spacial score (nSPS) is 19.6. The molecule has 5 heteroatoms. The zero-order chi connectivity index (χ0) is 15.9. The number of fused-ring (bicyclic) bond motifs is 3. The first-order valence-corrected chi connectivity index (χ1v) is 9.15. The molecule has 0 saturated carbocycles. The standard InChI is InChI=1S/C17H25N3OS/c1-9(2)8-18-11(4)15-19-16(21)14-12-6-5-10(3)7-13(12)22-17(14)20-15/h9-11,18H,5-8H2,1-4H3,(H,19,20,21)/p+1/t10-,11+/m1/s1. The fourth-order valence-electron chi connectivity index (χ4n) is 3.17. The number of H-pyrrole nitrogens is 1. The lowest BCUT2D eigenvalue weighted by atomic mass is 9.89. The van der Waals surface area contributed by atoms with Crippen LogP contribution in [0.25, 0.3) is 10.2 Å². The first-order chi connectivity index (χ1) is 10.5. The minimum atomic E-state index is 0.0526. The molecule has 0 amide bonds. The topological polar surface area (TPSA) is 62.4 Å². The number of quaternary nitrogens is 1. The van der Waals surface area contributed by atoms with Gasteiger partial charge in [0.2, 0.25) is 0 Å². The van der Waals surface area contributed by atoms with Crippen LogP contribution in [0.15, 0.2) is 4.79 Å². The van der Waals surface area contributed by atoms with Crippen LogP contribution in [0.2, 0.25) is 0 Å². The lowest BCUT2D eigenvalue weighted by Crippen LogP contribution is -2.86. The van der Waals surface area contributed by atoms with E-state index in [1.165, 1.54) is 16.9 Å². The smallest absolute Gasteiger partial charge is 0.260 e. The third-order valence-electron chi connectivity index (χ3n) is 4.58. The molecule has 0 fully saturated rings. The summed E-state index contributed by atoms with van der Waals surface area (Å²) in [7, 11) is 0. The Kier molecular flexibility index (Phi) is 4.37. The Morgan fingerprint density at radius 2 is 2.18 bits per heavy atom. The summed E-state index contributed by atoms with van der Waals surface area (Å²) in [5.74, 6) is 2.16. The number of nitrogens with zero attached hydrogens (tertiary/aromatic N) is 1. The summed E-state index contributed by atoms with van der Waals surface area (Å²) in [5.41, 5.74) is 1.31. The Morgan fingerprint density at radius 3 is 2.91 bits per heavy atom. The highest BCUT2D eigenvalue weighted by Gasteiger charge is 2.24. The molecule has 3 N–H and O–H groups in total. The number of aryl methyl sites for hydroxylation is 1. The summed E-state index contributed by atoms with van der Waals surface area (Å²) in [5, 5.41) is 3.11. The largest absolute Gasteiger partial charge is 0.338 e. The zero-order valence-corrected chi connectivity index (χ0v) is 14.7. The van der Waals surface area contributed by atoms with E-state index in [-0.39, 0.29) is 11.6 Å². The summed E-state index contributed by atoms with van der Waals surface area (Å²) in [4.78, 5) is 22.7. The van der Waals surface area contributed by atoms with Crippen molar-refractivity contribution in [2.24, 2.45) is 11.8 Å². The van der Waals surface area contributed by atoms with Gasteiger partial charge in [0.15, 0.2) is 5.82 Å². The number of aromatic amines is 1. The van der Waals surface area contributed by atoms with Gasteiger partial charge in [-0.15, -0.1) is 11.3 Å². The maximum absolute atomic E-state index is 12.6. The molecule has 0 radical (unpaired) electrons. The van der Waals surface area contributed by atoms with Crippen molar-refractivity contribution in [2.45, 2.75) is 53.0 Å². The number of rotatable bonds is 4. The van der Waals surface area contributed by atoms with Gasteiger partial charge in [-0.2, -0.15) is 0 Å². The van der Waals surface area contributed by atoms with Crippen molar-refractivity contribution in [3.63, 3.8) is 0 Å². The Bertz CT molecular complexity index is 731. The lowest BCUT2D eigenvalue weighted by molar-refractivity contribution is -0.698. The Labute approximate surface area is 135 Å². The molecular weight excluding hydrogens is 294 g/mol. The fourth-order valence-corrected chi connectivity index (χ4v) is 4.56. The summed E-state index contributed by atoms with van der Waals surface area (Å²) < 4.78 is 0. The number of nitrogens with one attached hydrogen (secondary N) is 1. The van der Waals surface area contributed by atoms with E-state index in [0.717, 1.165) is 41.3 Å². The molecule has 0 aliphatic heterocycles. The molecule has 22 heavy (non-hydrogen) atoms. The van der Waals surface area contributed by atoms with Crippen molar-refractivity contribution >= 4 is 21.6 Å². The van der Waals surface area contributed by atoms with Crippen molar-refractivity contribution in [3.05, 3.63) is 26.6 Å². The number of hydrogen-bond donors (Lipinski definition) is 2. The second-order valence-electron chi connectivity index (χ2n) is 7.14. The molecule has 0 spiro atoms. The van der Waals surface area contributed by atoms with Crippen LogP contribution in [-0.4, -0.2) is 16.5 Å². The van der Waals surface area contributed by atoms with Gasteiger partial charge < -0.3 is 10.3 Å². The monoisotopic (exact) mass is 320 g/mol. The van der Waals surface area contributed by atoms with Crippen LogP contribution in [0, 0.1) is 11.8 Å². The zero-order valence-electron chi connectivity index (χ0n) is 13.9. The van der Waals surface area contributed by atoms with Crippen LogP contribution >= 0.6 is 11.3 Å². The second kappa shape index (κ2) is 6.13. The SMILES string of the molecule is CC(C)C[NH2+][C@@H](C)c1nc2sc3c(c2c(=O)[nH]1)CC[C@@H](C)C3. The minimum absolute atomic E-state index is 0.0526. The highest BCUT2D eigenvalue weighted by molar-refractivity contribution is 7.18. The number of thiophene rings is 1. The van der Waals surface area contributed by atoms with E-state index in [2.05, 4.69) is 38.0 Å². The average molecular weight is 320 g/mol. The van der Waals surface area contributed by atoms with Crippen LogP contribution in [-0.2, 0) is 12.8 Å². The molecule has 4 nitrogen and oxygen atoms in total. The van der Waals surface area contributed by atoms with Gasteiger partial charge in [-0.3, -0.25) is 4.79 Å². The molecular formula is C17H26N3OS+. The Morgan fingerprint density at radius 1 is 1.41 bits per heavy atom.